The monoisotopic (exact) mass is 550 g/mol. The predicted octanol–water partition coefficient (Wildman–Crippen LogP) is 5.97. The number of amides is 1. The highest BCUT2D eigenvalue weighted by Crippen LogP contribution is 2.55. The third-order valence-corrected chi connectivity index (χ3v) is 9.99. The maximum atomic E-state index is 13.2. The largest absolute Gasteiger partial charge is 0.447 e. The summed E-state index contributed by atoms with van der Waals surface area (Å²) in [4.78, 5) is 18.0. The maximum absolute atomic E-state index is 13.2. The number of thiazole rings is 1. The Bertz CT molecular complexity index is 1190. The Morgan fingerprint density at radius 2 is 1.70 bits per heavy atom. The molecule has 206 valence electrons. The molecule has 0 spiro atoms. The zero-order valence-corrected chi connectivity index (χ0v) is 24.7. The summed E-state index contributed by atoms with van der Waals surface area (Å²) >= 11 is 1.56. The molecule has 1 amide bonds. The SMILES string of the molecule is CC.CC(C)OC(=O)NC12CCC(c3ncc(-c4ccc(N)cc4S(=O)(=O)NC(C)(C)C)s3)(CC1)CC2. The Balaban J connectivity index is 0.00000186. The molecule has 4 N–H and O–H groups in total. The van der Waals surface area contributed by atoms with Crippen molar-refractivity contribution < 1.29 is 17.9 Å². The number of anilines is 1. The average molecular weight is 551 g/mol. The zero-order chi connectivity index (χ0) is 27.6. The van der Waals surface area contributed by atoms with Crippen molar-refractivity contribution in [1.29, 1.82) is 0 Å². The Morgan fingerprint density at radius 3 is 2.24 bits per heavy atom. The van der Waals surface area contributed by atoms with Gasteiger partial charge in [0.25, 0.3) is 0 Å². The summed E-state index contributed by atoms with van der Waals surface area (Å²) in [5, 5.41) is 4.17. The van der Waals surface area contributed by atoms with Crippen LogP contribution in [0, 0.1) is 0 Å². The Labute approximate surface area is 225 Å². The number of nitrogens with two attached hydrogens (primary N) is 1. The molecule has 1 aromatic heterocycles. The van der Waals surface area contributed by atoms with Gasteiger partial charge >= 0.3 is 6.09 Å². The molecule has 3 aliphatic rings. The molecule has 8 nitrogen and oxygen atoms in total. The highest BCUT2D eigenvalue weighted by atomic mass is 32.2. The summed E-state index contributed by atoms with van der Waals surface area (Å²) in [6, 6.07) is 5.00. The number of fused-ring (bicyclic) bond motifs is 3. The number of carbonyl (C=O) groups excluding carboxylic acids is 1. The third kappa shape index (κ3) is 6.64. The van der Waals surface area contributed by atoms with E-state index in [-0.39, 0.29) is 28.0 Å². The minimum Gasteiger partial charge on any atom is -0.447 e. The van der Waals surface area contributed by atoms with Gasteiger partial charge in [0.2, 0.25) is 10.0 Å². The highest BCUT2D eigenvalue weighted by molar-refractivity contribution is 7.89. The zero-order valence-electron chi connectivity index (χ0n) is 23.1. The number of benzene rings is 1. The van der Waals surface area contributed by atoms with Gasteiger partial charge in [-0.05, 0) is 85.3 Å². The van der Waals surface area contributed by atoms with Crippen molar-refractivity contribution in [1.82, 2.24) is 15.0 Å². The lowest BCUT2D eigenvalue weighted by molar-refractivity contribution is 0.0560. The van der Waals surface area contributed by atoms with Crippen molar-refractivity contribution in [2.75, 3.05) is 5.73 Å². The van der Waals surface area contributed by atoms with Gasteiger partial charge < -0.3 is 15.8 Å². The maximum Gasteiger partial charge on any atom is 0.407 e. The Hall–Kier alpha value is -2.17. The van der Waals surface area contributed by atoms with E-state index in [9.17, 15) is 13.2 Å². The van der Waals surface area contributed by atoms with Gasteiger partial charge in [-0.25, -0.2) is 22.9 Å². The van der Waals surface area contributed by atoms with Gasteiger partial charge in [-0.15, -0.1) is 11.3 Å². The van der Waals surface area contributed by atoms with Crippen molar-refractivity contribution in [3.05, 3.63) is 29.4 Å². The first-order valence-electron chi connectivity index (χ1n) is 13.1. The number of carbonyl (C=O) groups is 1. The number of alkyl carbamates (subject to hydrolysis) is 1. The van der Waals surface area contributed by atoms with Crippen LogP contribution in [0.25, 0.3) is 10.4 Å². The molecule has 3 saturated carbocycles. The molecule has 0 radical (unpaired) electrons. The molecule has 0 unspecified atom stereocenters. The Kier molecular flexibility index (Phi) is 8.66. The minimum absolute atomic E-state index is 0.0369. The number of nitrogen functional groups attached to an aromatic ring is 1. The van der Waals surface area contributed by atoms with E-state index in [1.807, 2.05) is 48.5 Å². The van der Waals surface area contributed by atoms with Crippen LogP contribution in [0.2, 0.25) is 0 Å². The number of ether oxygens (including phenoxy) is 1. The lowest BCUT2D eigenvalue weighted by Gasteiger charge is -2.52. The lowest BCUT2D eigenvalue weighted by Crippen LogP contribution is -2.58. The summed E-state index contributed by atoms with van der Waals surface area (Å²) in [6.45, 7) is 13.1. The van der Waals surface area contributed by atoms with E-state index in [2.05, 4.69) is 10.0 Å². The highest BCUT2D eigenvalue weighted by Gasteiger charge is 2.51. The van der Waals surface area contributed by atoms with Crippen LogP contribution in [-0.4, -0.2) is 36.7 Å². The van der Waals surface area contributed by atoms with Crippen molar-refractivity contribution in [3.8, 4) is 10.4 Å². The van der Waals surface area contributed by atoms with E-state index in [0.29, 0.717) is 11.3 Å². The molecule has 2 aromatic rings. The van der Waals surface area contributed by atoms with E-state index in [1.54, 1.807) is 29.7 Å². The Morgan fingerprint density at radius 1 is 1.11 bits per heavy atom. The first-order chi connectivity index (χ1) is 17.2. The minimum atomic E-state index is -3.78. The fourth-order valence-corrected chi connectivity index (χ4v) is 8.19. The first kappa shape index (κ1) is 29.4. The van der Waals surface area contributed by atoms with Crippen LogP contribution in [0.1, 0.15) is 92.0 Å². The number of aromatic nitrogens is 1. The molecule has 1 heterocycles. The fraction of sp³-hybridized carbons (Fsp3) is 0.630. The van der Waals surface area contributed by atoms with E-state index >= 15 is 0 Å². The first-order valence-corrected chi connectivity index (χ1v) is 15.4. The van der Waals surface area contributed by atoms with Crippen LogP contribution in [0.5, 0.6) is 0 Å². The molecule has 0 aliphatic heterocycles. The van der Waals surface area contributed by atoms with Gasteiger partial charge in [-0.2, -0.15) is 0 Å². The van der Waals surface area contributed by atoms with Crippen LogP contribution in [0.4, 0.5) is 10.5 Å². The number of hydrogen-bond donors (Lipinski definition) is 3. The van der Waals surface area contributed by atoms with Crippen molar-refractivity contribution in [2.45, 2.75) is 114 Å². The third-order valence-electron chi connectivity index (χ3n) is 6.92. The van der Waals surface area contributed by atoms with Crippen LogP contribution in [0.3, 0.4) is 0 Å². The molecule has 0 atom stereocenters. The number of sulfonamides is 1. The van der Waals surface area contributed by atoms with Gasteiger partial charge in [0.1, 0.15) is 0 Å². The molecule has 3 fully saturated rings. The number of rotatable bonds is 6. The molecule has 2 bridgehead atoms. The molecule has 3 aliphatic carbocycles. The topological polar surface area (TPSA) is 123 Å². The van der Waals surface area contributed by atoms with E-state index in [1.165, 1.54) is 6.07 Å². The van der Waals surface area contributed by atoms with Gasteiger partial charge in [-0.3, -0.25) is 0 Å². The predicted molar refractivity (Wildman–Crippen MR) is 150 cm³/mol. The smallest absolute Gasteiger partial charge is 0.407 e. The van der Waals surface area contributed by atoms with E-state index in [0.717, 1.165) is 48.4 Å². The van der Waals surface area contributed by atoms with Crippen LogP contribution < -0.4 is 15.8 Å². The molecular weight excluding hydrogens is 508 g/mol. The summed E-state index contributed by atoms with van der Waals surface area (Å²) in [7, 11) is -3.78. The fourth-order valence-electron chi connectivity index (χ4n) is 5.22. The van der Waals surface area contributed by atoms with Gasteiger partial charge in [0.05, 0.1) is 20.9 Å². The van der Waals surface area contributed by atoms with E-state index in [4.69, 9.17) is 15.5 Å². The summed E-state index contributed by atoms with van der Waals surface area (Å²) in [5.41, 5.74) is 6.11. The van der Waals surface area contributed by atoms with Gasteiger partial charge in [-0.1, -0.05) is 19.9 Å². The van der Waals surface area contributed by atoms with Gasteiger partial charge in [0.15, 0.2) is 0 Å². The second-order valence-electron chi connectivity index (χ2n) is 11.3. The van der Waals surface area contributed by atoms with Crippen molar-refractivity contribution in [3.63, 3.8) is 0 Å². The summed E-state index contributed by atoms with van der Waals surface area (Å²) < 4.78 is 34.4. The molecule has 5 rings (SSSR count). The molecule has 0 saturated heterocycles. The van der Waals surface area contributed by atoms with E-state index < -0.39 is 15.6 Å². The number of nitrogens with one attached hydrogen (secondary N) is 2. The second-order valence-corrected chi connectivity index (χ2v) is 14.0. The second kappa shape index (κ2) is 10.9. The molecule has 1 aromatic carbocycles. The quantitative estimate of drug-likeness (QED) is 0.381. The van der Waals surface area contributed by atoms with Crippen molar-refractivity contribution in [2.24, 2.45) is 0 Å². The lowest BCUT2D eigenvalue weighted by atomic mass is 9.57. The number of nitrogens with zero attached hydrogens (tertiary/aromatic N) is 1. The normalized spacial score (nSPS) is 23.4. The molecular formula is C27H42N4O4S2. The summed E-state index contributed by atoms with van der Waals surface area (Å²) in [5.74, 6) is 0. The molecule has 37 heavy (non-hydrogen) atoms. The summed E-state index contributed by atoms with van der Waals surface area (Å²) in [6.07, 6.45) is 6.73. The van der Waals surface area contributed by atoms with Crippen LogP contribution >= 0.6 is 11.3 Å². The van der Waals surface area contributed by atoms with Crippen LogP contribution in [-0.2, 0) is 20.2 Å². The average Bonchev–Trinajstić information content (AvgIpc) is 3.30. The standard InChI is InChI=1S/C25H36N4O4S2.C2H6/c1-16(2)33-22(30)28-25-11-8-24(9-12-25,10-13-25)21-27-15-19(34-21)18-7-6-17(26)14-20(18)35(31,32)29-23(3,4)5;1-2/h6-7,14-16,29H,8-13,26H2,1-5H3,(H,28,30);1-2H3. The van der Waals surface area contributed by atoms with Gasteiger partial charge in [0, 0.05) is 33.9 Å². The molecule has 10 heteroatoms. The van der Waals surface area contributed by atoms with Crippen LogP contribution in [0.15, 0.2) is 29.3 Å². The van der Waals surface area contributed by atoms with Crippen molar-refractivity contribution >= 4 is 33.1 Å². The number of hydrogen-bond acceptors (Lipinski definition) is 7.